The van der Waals surface area contributed by atoms with Crippen molar-refractivity contribution in [2.24, 2.45) is 0 Å². The van der Waals surface area contributed by atoms with Crippen molar-refractivity contribution in [3.63, 3.8) is 0 Å². The lowest BCUT2D eigenvalue weighted by Gasteiger charge is -2.34. The third kappa shape index (κ3) is 5.07. The van der Waals surface area contributed by atoms with Crippen molar-refractivity contribution in [3.05, 3.63) is 64.2 Å². The second kappa shape index (κ2) is 10.3. The predicted octanol–water partition coefficient (Wildman–Crippen LogP) is 3.74. The largest absolute Gasteiger partial charge is 0.393 e. The highest BCUT2D eigenvalue weighted by molar-refractivity contribution is 7.13. The zero-order valence-corrected chi connectivity index (χ0v) is 20.6. The number of pyridine rings is 1. The maximum Gasteiger partial charge on any atom is 0.280 e. The first-order valence-electron chi connectivity index (χ1n) is 11.7. The Morgan fingerprint density at radius 1 is 1.14 bits per heavy atom. The van der Waals surface area contributed by atoms with Crippen LogP contribution in [0.2, 0.25) is 0 Å². The van der Waals surface area contributed by atoms with Gasteiger partial charge in [-0.15, -0.1) is 11.3 Å². The molecule has 3 unspecified atom stereocenters. The molecule has 192 valence electrons. The van der Waals surface area contributed by atoms with Gasteiger partial charge in [0.25, 0.3) is 18.2 Å². The van der Waals surface area contributed by atoms with E-state index in [1.807, 2.05) is 22.8 Å². The second-order valence-electron chi connectivity index (χ2n) is 8.86. The van der Waals surface area contributed by atoms with E-state index in [0.717, 1.165) is 11.7 Å². The molecule has 1 aliphatic carbocycles. The van der Waals surface area contributed by atoms with E-state index in [1.54, 1.807) is 31.4 Å². The van der Waals surface area contributed by atoms with E-state index in [-0.39, 0.29) is 21.8 Å². The molecule has 1 fully saturated rings. The molecule has 1 aromatic carbocycles. The standard InChI is InChI=1S/C25H24F2N6O3S/c1-28-23(35)13-5-6-19-18(8-13)32-22(17-4-2-3-7-29-17)33(19)15-9-14(10-16(34)11-15)31-24(36)25-30-12-20(37-25)21(26)27/h2-8,12,14-16,21,34H,9-11H2,1H3,(H,28,35)(H,31,36). The number of hydrogen-bond donors (Lipinski definition) is 3. The van der Waals surface area contributed by atoms with Crippen LogP contribution in [0.25, 0.3) is 22.6 Å². The highest BCUT2D eigenvalue weighted by atomic mass is 32.1. The van der Waals surface area contributed by atoms with Gasteiger partial charge in [0.05, 0.1) is 22.0 Å². The van der Waals surface area contributed by atoms with Crippen molar-refractivity contribution in [2.45, 2.75) is 43.9 Å². The smallest absolute Gasteiger partial charge is 0.280 e. The molecule has 4 aromatic rings. The van der Waals surface area contributed by atoms with Crippen LogP contribution >= 0.6 is 11.3 Å². The number of fused-ring (bicyclic) bond motifs is 1. The summed E-state index contributed by atoms with van der Waals surface area (Å²) >= 11 is 0.652. The van der Waals surface area contributed by atoms with E-state index in [9.17, 15) is 23.5 Å². The molecule has 3 atom stereocenters. The van der Waals surface area contributed by atoms with Crippen LogP contribution in [0.1, 0.15) is 56.8 Å². The number of halogens is 2. The molecule has 3 heterocycles. The molecule has 3 aromatic heterocycles. The lowest BCUT2D eigenvalue weighted by atomic mass is 9.88. The Balaban J connectivity index is 1.48. The molecule has 5 rings (SSSR count). The molecule has 37 heavy (non-hydrogen) atoms. The van der Waals surface area contributed by atoms with Crippen LogP contribution in [-0.2, 0) is 0 Å². The highest BCUT2D eigenvalue weighted by Gasteiger charge is 2.33. The minimum Gasteiger partial charge on any atom is -0.393 e. The number of alkyl halides is 2. The van der Waals surface area contributed by atoms with Gasteiger partial charge in [-0.1, -0.05) is 6.07 Å². The Kier molecular flexibility index (Phi) is 6.94. The maximum absolute atomic E-state index is 12.9. The van der Waals surface area contributed by atoms with Crippen LogP contribution in [-0.4, -0.2) is 55.6 Å². The van der Waals surface area contributed by atoms with Crippen LogP contribution in [0.5, 0.6) is 0 Å². The van der Waals surface area contributed by atoms with E-state index < -0.39 is 24.5 Å². The van der Waals surface area contributed by atoms with Gasteiger partial charge in [-0.2, -0.15) is 0 Å². The molecule has 1 aliphatic rings. The molecular formula is C25H24F2N6O3S. The minimum atomic E-state index is -2.69. The highest BCUT2D eigenvalue weighted by Crippen LogP contribution is 2.36. The van der Waals surface area contributed by atoms with E-state index in [1.165, 1.54) is 0 Å². The minimum absolute atomic E-state index is 0.0455. The first kappa shape index (κ1) is 24.9. The Bertz CT molecular complexity index is 1440. The Morgan fingerprint density at radius 3 is 2.68 bits per heavy atom. The number of nitrogens with zero attached hydrogens (tertiary/aromatic N) is 4. The van der Waals surface area contributed by atoms with Crippen molar-refractivity contribution in [2.75, 3.05) is 7.05 Å². The fourth-order valence-electron chi connectivity index (χ4n) is 4.76. The Hall–Kier alpha value is -3.77. The molecule has 9 nitrogen and oxygen atoms in total. The normalized spacial score (nSPS) is 19.8. The van der Waals surface area contributed by atoms with Gasteiger partial charge in [-0.25, -0.2) is 18.7 Å². The summed E-state index contributed by atoms with van der Waals surface area (Å²) in [5.74, 6) is -0.204. The second-order valence-corrected chi connectivity index (χ2v) is 9.92. The fourth-order valence-corrected chi connectivity index (χ4v) is 5.43. The number of amides is 2. The predicted molar refractivity (Wildman–Crippen MR) is 134 cm³/mol. The number of hydrogen-bond acceptors (Lipinski definition) is 7. The Labute approximate surface area is 214 Å². The molecule has 0 aliphatic heterocycles. The third-order valence-electron chi connectivity index (χ3n) is 6.36. The van der Waals surface area contributed by atoms with E-state index >= 15 is 0 Å². The lowest BCUT2D eigenvalue weighted by Crippen LogP contribution is -2.43. The molecular weight excluding hydrogens is 502 g/mol. The zero-order chi connectivity index (χ0) is 26.1. The number of imidazole rings is 1. The summed E-state index contributed by atoms with van der Waals surface area (Å²) in [4.78, 5) is 37.7. The number of rotatable bonds is 6. The SMILES string of the molecule is CNC(=O)c1ccc2c(c1)nc(-c1ccccn1)n2C1CC(O)CC(NC(=O)c2ncc(C(F)F)s2)C1. The number of aliphatic hydroxyl groups is 1. The van der Waals surface area contributed by atoms with Gasteiger partial charge < -0.3 is 20.3 Å². The van der Waals surface area contributed by atoms with Crippen molar-refractivity contribution in [1.29, 1.82) is 0 Å². The quantitative estimate of drug-likeness (QED) is 0.352. The summed E-state index contributed by atoms with van der Waals surface area (Å²) in [5, 5.41) is 16.1. The number of benzene rings is 1. The zero-order valence-electron chi connectivity index (χ0n) is 19.8. The molecule has 2 amide bonds. The number of aliphatic hydroxyl groups excluding tert-OH is 1. The third-order valence-corrected chi connectivity index (χ3v) is 7.37. The van der Waals surface area contributed by atoms with Gasteiger partial charge in [0.2, 0.25) is 0 Å². The summed E-state index contributed by atoms with van der Waals surface area (Å²) < 4.78 is 27.8. The van der Waals surface area contributed by atoms with Crippen LogP contribution in [0.3, 0.4) is 0 Å². The summed E-state index contributed by atoms with van der Waals surface area (Å²) in [6.45, 7) is 0. The summed E-state index contributed by atoms with van der Waals surface area (Å²) in [6, 6.07) is 10.0. The summed E-state index contributed by atoms with van der Waals surface area (Å²) in [6.07, 6.45) is 0.475. The van der Waals surface area contributed by atoms with E-state index in [2.05, 4.69) is 20.6 Å². The average Bonchev–Trinajstić information content (AvgIpc) is 3.54. The average molecular weight is 527 g/mol. The molecule has 12 heteroatoms. The summed E-state index contributed by atoms with van der Waals surface area (Å²) in [5.41, 5.74) is 2.46. The molecule has 0 spiro atoms. The van der Waals surface area contributed by atoms with E-state index in [4.69, 9.17) is 4.98 Å². The topological polar surface area (TPSA) is 122 Å². The van der Waals surface area contributed by atoms with Crippen LogP contribution in [0.15, 0.2) is 48.8 Å². The van der Waals surface area contributed by atoms with Gasteiger partial charge in [-0.05, 0) is 49.6 Å². The van der Waals surface area contributed by atoms with Gasteiger partial charge in [0.15, 0.2) is 10.8 Å². The van der Waals surface area contributed by atoms with Crippen LogP contribution in [0.4, 0.5) is 8.78 Å². The first-order valence-corrected chi connectivity index (χ1v) is 12.5. The molecule has 0 radical (unpaired) electrons. The van der Waals surface area contributed by atoms with Crippen LogP contribution in [0, 0.1) is 0 Å². The number of thiazole rings is 1. The fraction of sp³-hybridized carbons (Fsp3) is 0.320. The van der Waals surface area contributed by atoms with Gasteiger partial charge >= 0.3 is 0 Å². The molecule has 0 saturated heterocycles. The molecule has 3 N–H and O–H groups in total. The van der Waals surface area contributed by atoms with E-state index in [0.29, 0.717) is 53.2 Å². The maximum atomic E-state index is 12.9. The summed E-state index contributed by atoms with van der Waals surface area (Å²) in [7, 11) is 1.56. The number of carbonyl (C=O) groups is 2. The molecule has 1 saturated carbocycles. The molecule has 0 bridgehead atoms. The number of carbonyl (C=O) groups excluding carboxylic acids is 2. The monoisotopic (exact) mass is 526 g/mol. The van der Waals surface area contributed by atoms with Gasteiger partial charge in [0, 0.05) is 37.1 Å². The number of aromatic nitrogens is 4. The van der Waals surface area contributed by atoms with Crippen LogP contribution < -0.4 is 10.6 Å². The number of nitrogens with one attached hydrogen (secondary N) is 2. The van der Waals surface area contributed by atoms with Crippen molar-refractivity contribution in [1.82, 2.24) is 30.2 Å². The van der Waals surface area contributed by atoms with Crippen molar-refractivity contribution >= 4 is 34.2 Å². The van der Waals surface area contributed by atoms with Gasteiger partial charge in [0.1, 0.15) is 5.69 Å². The van der Waals surface area contributed by atoms with Crippen molar-refractivity contribution in [3.8, 4) is 11.5 Å². The Morgan fingerprint density at radius 2 is 1.97 bits per heavy atom. The first-order chi connectivity index (χ1) is 17.8. The lowest BCUT2D eigenvalue weighted by molar-refractivity contribution is 0.0746. The van der Waals surface area contributed by atoms with Crippen molar-refractivity contribution < 1.29 is 23.5 Å². The van der Waals surface area contributed by atoms with Gasteiger partial charge in [-0.3, -0.25) is 14.6 Å².